The van der Waals surface area contributed by atoms with E-state index < -0.39 is 35.7 Å². The van der Waals surface area contributed by atoms with Crippen LogP contribution in [0, 0.1) is 0 Å². The number of rotatable bonds is 9. The molecular weight excluding hydrogens is 400 g/mol. The lowest BCUT2D eigenvalue weighted by molar-refractivity contribution is -0.145. The standard InChI is InChI=1S/C23H28N2O6/c1-23(2,3)31-15-18(21(27)28)24-20(26)19(17-12-8-5-9-13-17)25-22(29)30-14-16-10-6-4-7-11-16/h4-13,18-19H,14-15H2,1-3H3,(H,24,26)(H,25,29)(H,27,28)/t18-,19+/m0/s1. The smallest absolute Gasteiger partial charge is 0.408 e. The molecule has 8 heteroatoms. The van der Waals surface area contributed by atoms with Crippen LogP contribution in [0.3, 0.4) is 0 Å². The highest BCUT2D eigenvalue weighted by Gasteiger charge is 2.29. The van der Waals surface area contributed by atoms with Crippen LogP contribution in [0.2, 0.25) is 0 Å². The number of carbonyl (C=O) groups is 3. The molecule has 0 aliphatic carbocycles. The van der Waals surface area contributed by atoms with Crippen LogP contribution in [0.15, 0.2) is 60.7 Å². The number of carboxylic acid groups (broad SMARTS) is 1. The van der Waals surface area contributed by atoms with Crippen LogP contribution in [-0.4, -0.2) is 41.3 Å². The molecule has 0 heterocycles. The second-order valence-corrected chi connectivity index (χ2v) is 7.87. The molecular formula is C23H28N2O6. The van der Waals surface area contributed by atoms with Gasteiger partial charge in [0.2, 0.25) is 5.91 Å². The molecule has 31 heavy (non-hydrogen) atoms. The van der Waals surface area contributed by atoms with Crippen LogP contribution in [0.25, 0.3) is 0 Å². The maximum atomic E-state index is 12.9. The van der Waals surface area contributed by atoms with Crippen LogP contribution in [0.1, 0.15) is 37.9 Å². The molecule has 2 amide bonds. The Kier molecular flexibility index (Phi) is 8.57. The van der Waals surface area contributed by atoms with E-state index in [-0.39, 0.29) is 13.2 Å². The van der Waals surface area contributed by atoms with E-state index in [2.05, 4.69) is 10.6 Å². The van der Waals surface area contributed by atoms with Crippen molar-refractivity contribution >= 4 is 18.0 Å². The zero-order valence-electron chi connectivity index (χ0n) is 17.8. The minimum Gasteiger partial charge on any atom is -0.480 e. The summed E-state index contributed by atoms with van der Waals surface area (Å²) in [6.07, 6.45) is -0.800. The third kappa shape index (κ3) is 8.47. The Morgan fingerprint density at radius 1 is 0.935 bits per heavy atom. The molecule has 2 rings (SSSR count). The highest BCUT2D eigenvalue weighted by atomic mass is 16.5. The fourth-order valence-corrected chi connectivity index (χ4v) is 2.59. The van der Waals surface area contributed by atoms with Gasteiger partial charge in [-0.15, -0.1) is 0 Å². The van der Waals surface area contributed by atoms with Crippen molar-refractivity contribution in [1.29, 1.82) is 0 Å². The Morgan fingerprint density at radius 2 is 1.52 bits per heavy atom. The normalized spacial score (nSPS) is 13.0. The van der Waals surface area contributed by atoms with E-state index in [1.807, 2.05) is 18.2 Å². The molecule has 0 radical (unpaired) electrons. The van der Waals surface area contributed by atoms with Gasteiger partial charge in [0.1, 0.15) is 12.6 Å². The lowest BCUT2D eigenvalue weighted by atomic mass is 10.1. The lowest BCUT2D eigenvalue weighted by Crippen LogP contribution is -2.50. The molecule has 166 valence electrons. The number of carbonyl (C=O) groups excluding carboxylic acids is 2. The average Bonchev–Trinajstić information content (AvgIpc) is 2.73. The minimum atomic E-state index is -1.28. The van der Waals surface area contributed by atoms with Crippen molar-refractivity contribution < 1.29 is 29.0 Å². The summed E-state index contributed by atoms with van der Waals surface area (Å²) in [5.41, 5.74) is 0.706. The topological polar surface area (TPSA) is 114 Å². The molecule has 0 bridgehead atoms. The average molecular weight is 428 g/mol. The Bertz CT molecular complexity index is 865. The van der Waals surface area contributed by atoms with Gasteiger partial charge in [0.05, 0.1) is 12.2 Å². The fraction of sp³-hybridized carbons (Fsp3) is 0.348. The molecule has 3 N–H and O–H groups in total. The summed E-state index contributed by atoms with van der Waals surface area (Å²) in [5.74, 6) is -1.93. The summed E-state index contributed by atoms with van der Waals surface area (Å²) in [7, 11) is 0. The first-order valence-electron chi connectivity index (χ1n) is 9.85. The number of hydrogen-bond donors (Lipinski definition) is 3. The predicted molar refractivity (Wildman–Crippen MR) is 114 cm³/mol. The van der Waals surface area contributed by atoms with E-state index in [1.165, 1.54) is 0 Å². The zero-order chi connectivity index (χ0) is 22.9. The molecule has 0 spiro atoms. The van der Waals surface area contributed by atoms with Gasteiger partial charge in [-0.3, -0.25) is 4.79 Å². The number of alkyl carbamates (subject to hydrolysis) is 1. The molecule has 0 saturated carbocycles. The van der Waals surface area contributed by atoms with Gasteiger partial charge in [-0.05, 0) is 31.9 Å². The van der Waals surface area contributed by atoms with Gasteiger partial charge < -0.3 is 25.2 Å². The first-order chi connectivity index (χ1) is 14.7. The Labute approximate surface area is 181 Å². The van der Waals surface area contributed by atoms with Crippen molar-refractivity contribution in [3.8, 4) is 0 Å². The summed E-state index contributed by atoms with van der Waals surface area (Å²) in [6, 6.07) is 15.2. The number of benzene rings is 2. The summed E-state index contributed by atoms with van der Waals surface area (Å²) in [6.45, 7) is 5.16. The molecule has 8 nitrogen and oxygen atoms in total. The fourth-order valence-electron chi connectivity index (χ4n) is 2.59. The van der Waals surface area contributed by atoms with E-state index in [0.29, 0.717) is 5.56 Å². The van der Waals surface area contributed by atoms with E-state index >= 15 is 0 Å². The van der Waals surface area contributed by atoms with Crippen molar-refractivity contribution in [2.75, 3.05) is 6.61 Å². The number of carboxylic acids is 1. The van der Waals surface area contributed by atoms with Crippen molar-refractivity contribution in [3.63, 3.8) is 0 Å². The van der Waals surface area contributed by atoms with E-state index in [9.17, 15) is 19.5 Å². The van der Waals surface area contributed by atoms with Crippen molar-refractivity contribution in [3.05, 3.63) is 71.8 Å². The van der Waals surface area contributed by atoms with Crippen LogP contribution >= 0.6 is 0 Å². The van der Waals surface area contributed by atoms with Crippen molar-refractivity contribution in [2.24, 2.45) is 0 Å². The lowest BCUT2D eigenvalue weighted by Gasteiger charge is -2.25. The van der Waals surface area contributed by atoms with Crippen LogP contribution < -0.4 is 10.6 Å². The predicted octanol–water partition coefficient (Wildman–Crippen LogP) is 3.04. The van der Waals surface area contributed by atoms with Crippen LogP contribution in [-0.2, 0) is 25.7 Å². The number of amides is 2. The molecule has 0 aliphatic rings. The number of aliphatic carboxylic acids is 1. The SMILES string of the molecule is CC(C)(C)OC[C@H](NC(=O)[C@H](NC(=O)OCc1ccccc1)c1ccccc1)C(=O)O. The summed E-state index contributed by atoms with van der Waals surface area (Å²) >= 11 is 0. The Balaban J connectivity index is 2.08. The summed E-state index contributed by atoms with van der Waals surface area (Å²) in [4.78, 5) is 36.8. The van der Waals surface area contributed by atoms with Gasteiger partial charge in [0, 0.05) is 0 Å². The maximum absolute atomic E-state index is 12.9. The second kappa shape index (κ2) is 11.1. The first-order valence-corrected chi connectivity index (χ1v) is 9.85. The monoisotopic (exact) mass is 428 g/mol. The van der Waals surface area contributed by atoms with Crippen LogP contribution in [0.5, 0.6) is 0 Å². The summed E-state index contributed by atoms with van der Waals surface area (Å²) in [5, 5.41) is 14.4. The number of ether oxygens (including phenoxy) is 2. The quantitative estimate of drug-likeness (QED) is 0.566. The highest BCUT2D eigenvalue weighted by Crippen LogP contribution is 2.15. The van der Waals surface area contributed by atoms with Crippen molar-refractivity contribution in [2.45, 2.75) is 45.1 Å². The molecule has 0 unspecified atom stereocenters. The zero-order valence-corrected chi connectivity index (χ0v) is 17.8. The Hall–Kier alpha value is -3.39. The Morgan fingerprint density at radius 3 is 2.06 bits per heavy atom. The highest BCUT2D eigenvalue weighted by molar-refractivity contribution is 5.90. The van der Waals surface area contributed by atoms with Crippen molar-refractivity contribution in [1.82, 2.24) is 10.6 Å². The van der Waals surface area contributed by atoms with Crippen LogP contribution in [0.4, 0.5) is 4.79 Å². The van der Waals surface area contributed by atoms with E-state index in [1.54, 1.807) is 63.2 Å². The molecule has 2 atom stereocenters. The largest absolute Gasteiger partial charge is 0.480 e. The van der Waals surface area contributed by atoms with E-state index in [4.69, 9.17) is 9.47 Å². The molecule has 0 aromatic heterocycles. The van der Waals surface area contributed by atoms with Gasteiger partial charge in [-0.2, -0.15) is 0 Å². The van der Waals surface area contributed by atoms with E-state index in [0.717, 1.165) is 5.56 Å². The van der Waals surface area contributed by atoms with Gasteiger partial charge in [-0.1, -0.05) is 60.7 Å². The molecule has 0 fully saturated rings. The molecule has 0 saturated heterocycles. The third-order valence-electron chi connectivity index (χ3n) is 4.17. The first kappa shape index (κ1) is 23.9. The third-order valence-corrected chi connectivity index (χ3v) is 4.17. The van der Waals surface area contributed by atoms with Gasteiger partial charge in [0.15, 0.2) is 6.04 Å². The number of hydrogen-bond acceptors (Lipinski definition) is 5. The maximum Gasteiger partial charge on any atom is 0.408 e. The van der Waals surface area contributed by atoms with Gasteiger partial charge in [0.25, 0.3) is 0 Å². The number of nitrogens with one attached hydrogen (secondary N) is 2. The molecule has 2 aromatic carbocycles. The molecule has 0 aliphatic heterocycles. The minimum absolute atomic E-state index is 0.0347. The van der Waals surface area contributed by atoms with Gasteiger partial charge in [-0.25, -0.2) is 9.59 Å². The second-order valence-electron chi connectivity index (χ2n) is 7.87. The van der Waals surface area contributed by atoms with Gasteiger partial charge >= 0.3 is 12.1 Å². The molecule has 2 aromatic rings. The summed E-state index contributed by atoms with van der Waals surface area (Å²) < 4.78 is 10.7.